The molecule has 0 spiro atoms. The number of piperidine rings is 4. The van der Waals surface area contributed by atoms with Gasteiger partial charge in [-0.1, -0.05) is 6.42 Å². The van der Waals surface area contributed by atoms with Gasteiger partial charge < -0.3 is 5.11 Å². The van der Waals surface area contributed by atoms with E-state index in [2.05, 4.69) is 4.90 Å². The van der Waals surface area contributed by atoms with Crippen molar-refractivity contribution in [2.24, 2.45) is 5.92 Å². The predicted molar refractivity (Wildman–Crippen MR) is 46.9 cm³/mol. The van der Waals surface area contributed by atoms with Crippen molar-refractivity contribution < 1.29 is 5.11 Å². The smallest absolute Gasteiger partial charge is 0.0696 e. The van der Waals surface area contributed by atoms with Crippen molar-refractivity contribution in [3.63, 3.8) is 0 Å². The molecule has 0 aliphatic carbocycles. The van der Waals surface area contributed by atoms with E-state index in [1.807, 2.05) is 0 Å². The van der Waals surface area contributed by atoms with E-state index >= 15 is 0 Å². The second-order valence-electron chi connectivity index (χ2n) is 4.73. The lowest BCUT2D eigenvalue weighted by Gasteiger charge is -2.55. The SMILES string of the molecule is OC1CN2C3CCCC2CC1C3. The molecule has 1 N–H and O–H groups in total. The van der Waals surface area contributed by atoms with E-state index in [0.29, 0.717) is 5.92 Å². The first-order chi connectivity index (χ1) is 5.84. The molecule has 3 unspecified atom stereocenters. The molecule has 68 valence electrons. The van der Waals surface area contributed by atoms with Crippen LogP contribution in [0.3, 0.4) is 0 Å². The van der Waals surface area contributed by atoms with Crippen LogP contribution in [-0.4, -0.2) is 34.7 Å². The third-order valence-corrected chi connectivity index (χ3v) is 4.10. The fraction of sp³-hybridized carbons (Fsp3) is 1.00. The summed E-state index contributed by atoms with van der Waals surface area (Å²) in [4.78, 5) is 2.58. The van der Waals surface area contributed by atoms with E-state index in [0.717, 1.165) is 18.6 Å². The third-order valence-electron chi connectivity index (χ3n) is 4.10. The van der Waals surface area contributed by atoms with Crippen molar-refractivity contribution in [1.29, 1.82) is 0 Å². The molecule has 2 nitrogen and oxygen atoms in total. The zero-order valence-corrected chi connectivity index (χ0v) is 7.45. The Morgan fingerprint density at radius 1 is 1.08 bits per heavy atom. The van der Waals surface area contributed by atoms with Crippen LogP contribution in [0.25, 0.3) is 0 Å². The quantitative estimate of drug-likeness (QED) is 0.581. The molecule has 4 aliphatic rings. The second kappa shape index (κ2) is 2.46. The van der Waals surface area contributed by atoms with Gasteiger partial charge >= 0.3 is 0 Å². The molecule has 0 aromatic rings. The van der Waals surface area contributed by atoms with Gasteiger partial charge in [0.15, 0.2) is 0 Å². The van der Waals surface area contributed by atoms with Gasteiger partial charge in [-0.05, 0) is 31.6 Å². The molecule has 2 heteroatoms. The highest BCUT2D eigenvalue weighted by atomic mass is 16.3. The maximum absolute atomic E-state index is 9.71. The van der Waals surface area contributed by atoms with Gasteiger partial charge in [-0.15, -0.1) is 0 Å². The van der Waals surface area contributed by atoms with E-state index in [1.165, 1.54) is 32.1 Å². The minimum atomic E-state index is -0.00407. The van der Waals surface area contributed by atoms with Crippen molar-refractivity contribution in [3.8, 4) is 0 Å². The minimum absolute atomic E-state index is 0.00407. The van der Waals surface area contributed by atoms with E-state index in [9.17, 15) is 5.11 Å². The molecule has 12 heavy (non-hydrogen) atoms. The standard InChI is InChI=1S/C10H17NO/c12-10-6-11-8-2-1-3-9(11)5-7(10)4-8/h7-10,12H,1-6H2. The zero-order valence-electron chi connectivity index (χ0n) is 7.45. The van der Waals surface area contributed by atoms with E-state index in [1.54, 1.807) is 0 Å². The average Bonchev–Trinajstić information content (AvgIpc) is 2.03. The van der Waals surface area contributed by atoms with Crippen LogP contribution in [0.2, 0.25) is 0 Å². The van der Waals surface area contributed by atoms with Crippen LogP contribution in [-0.2, 0) is 0 Å². The normalized spacial score (nSPS) is 57.2. The summed E-state index contributed by atoms with van der Waals surface area (Å²) in [6, 6.07) is 1.68. The first kappa shape index (κ1) is 7.34. The third kappa shape index (κ3) is 0.882. The van der Waals surface area contributed by atoms with Gasteiger partial charge in [-0.3, -0.25) is 4.90 Å². The fourth-order valence-electron chi connectivity index (χ4n) is 3.50. The van der Waals surface area contributed by atoms with Gasteiger partial charge in [0.05, 0.1) is 6.10 Å². The Kier molecular flexibility index (Phi) is 1.50. The van der Waals surface area contributed by atoms with Crippen LogP contribution in [0.1, 0.15) is 32.1 Å². The number of aliphatic hydroxyl groups excluding tert-OH is 1. The van der Waals surface area contributed by atoms with Crippen molar-refractivity contribution in [1.82, 2.24) is 4.90 Å². The summed E-state index contributed by atoms with van der Waals surface area (Å²) in [6.07, 6.45) is 6.75. The number of nitrogens with zero attached hydrogens (tertiary/aromatic N) is 1. The Balaban J connectivity index is 1.86. The Morgan fingerprint density at radius 2 is 1.75 bits per heavy atom. The number of rotatable bonds is 0. The number of aliphatic hydroxyl groups is 1. The molecule has 4 bridgehead atoms. The molecule has 4 rings (SSSR count). The largest absolute Gasteiger partial charge is 0.392 e. The highest BCUT2D eigenvalue weighted by molar-refractivity contribution is 5.00. The van der Waals surface area contributed by atoms with Crippen LogP contribution in [0, 0.1) is 5.92 Å². The summed E-state index contributed by atoms with van der Waals surface area (Å²) in [5.41, 5.74) is 0. The Hall–Kier alpha value is -0.0800. The average molecular weight is 167 g/mol. The van der Waals surface area contributed by atoms with Gasteiger partial charge in [0.25, 0.3) is 0 Å². The Bertz CT molecular complexity index is 180. The van der Waals surface area contributed by atoms with Crippen LogP contribution in [0.5, 0.6) is 0 Å². The highest BCUT2D eigenvalue weighted by Crippen LogP contribution is 2.42. The molecule has 3 atom stereocenters. The molecular weight excluding hydrogens is 150 g/mol. The highest BCUT2D eigenvalue weighted by Gasteiger charge is 2.45. The van der Waals surface area contributed by atoms with Crippen LogP contribution >= 0.6 is 0 Å². The lowest BCUT2D eigenvalue weighted by Crippen LogP contribution is -2.62. The van der Waals surface area contributed by atoms with Gasteiger partial charge in [0.1, 0.15) is 0 Å². The van der Waals surface area contributed by atoms with Crippen LogP contribution in [0.4, 0.5) is 0 Å². The lowest BCUT2D eigenvalue weighted by molar-refractivity contribution is -0.105. The molecular formula is C10H17NO. The Labute approximate surface area is 73.6 Å². The first-order valence-corrected chi connectivity index (χ1v) is 5.28. The summed E-state index contributed by atoms with van der Waals surface area (Å²) in [5, 5.41) is 9.71. The molecule has 4 aliphatic heterocycles. The zero-order chi connectivity index (χ0) is 8.13. The molecule has 0 aromatic carbocycles. The molecule has 0 saturated carbocycles. The Morgan fingerprint density at radius 3 is 2.33 bits per heavy atom. The fourth-order valence-corrected chi connectivity index (χ4v) is 3.50. The van der Waals surface area contributed by atoms with Crippen LogP contribution in [0.15, 0.2) is 0 Å². The minimum Gasteiger partial charge on any atom is -0.392 e. The predicted octanol–water partition coefficient (Wildman–Crippen LogP) is 0.994. The molecule has 4 saturated heterocycles. The van der Waals surface area contributed by atoms with Crippen molar-refractivity contribution in [3.05, 3.63) is 0 Å². The topological polar surface area (TPSA) is 23.5 Å². The van der Waals surface area contributed by atoms with E-state index < -0.39 is 0 Å². The maximum atomic E-state index is 9.71. The lowest BCUT2D eigenvalue weighted by atomic mass is 9.72. The van der Waals surface area contributed by atoms with Crippen molar-refractivity contribution >= 4 is 0 Å². The first-order valence-electron chi connectivity index (χ1n) is 5.28. The molecule has 0 amide bonds. The van der Waals surface area contributed by atoms with Gasteiger partial charge in [0, 0.05) is 18.6 Å². The molecule has 0 radical (unpaired) electrons. The monoisotopic (exact) mass is 167 g/mol. The summed E-state index contributed by atoms with van der Waals surface area (Å²) < 4.78 is 0. The molecule has 4 heterocycles. The maximum Gasteiger partial charge on any atom is 0.0696 e. The van der Waals surface area contributed by atoms with E-state index in [-0.39, 0.29) is 6.10 Å². The van der Waals surface area contributed by atoms with Crippen LogP contribution < -0.4 is 0 Å². The number of fused-ring (bicyclic) bond motifs is 1. The summed E-state index contributed by atoms with van der Waals surface area (Å²) in [5.74, 6) is 0.644. The summed E-state index contributed by atoms with van der Waals surface area (Å²) in [7, 11) is 0. The second-order valence-corrected chi connectivity index (χ2v) is 4.73. The van der Waals surface area contributed by atoms with E-state index in [4.69, 9.17) is 0 Å². The van der Waals surface area contributed by atoms with Gasteiger partial charge in [-0.2, -0.15) is 0 Å². The number of hydrogen-bond donors (Lipinski definition) is 1. The molecule has 4 fully saturated rings. The number of hydrogen-bond acceptors (Lipinski definition) is 2. The molecule has 0 aromatic heterocycles. The van der Waals surface area contributed by atoms with Gasteiger partial charge in [0.2, 0.25) is 0 Å². The van der Waals surface area contributed by atoms with Crippen molar-refractivity contribution in [2.75, 3.05) is 6.54 Å². The van der Waals surface area contributed by atoms with Crippen molar-refractivity contribution in [2.45, 2.75) is 50.3 Å². The summed E-state index contributed by atoms with van der Waals surface area (Å²) >= 11 is 0. The summed E-state index contributed by atoms with van der Waals surface area (Å²) in [6.45, 7) is 0.972. The van der Waals surface area contributed by atoms with Gasteiger partial charge in [-0.25, -0.2) is 0 Å².